The molecule has 4 aliphatic rings. The van der Waals surface area contributed by atoms with Gasteiger partial charge in [0.05, 0.1) is 28.4 Å². The van der Waals surface area contributed by atoms with Crippen LogP contribution in [0.15, 0.2) is 42.5 Å². The summed E-state index contributed by atoms with van der Waals surface area (Å²) in [5.74, 6) is -3.30. The summed E-state index contributed by atoms with van der Waals surface area (Å²) in [7, 11) is 0. The van der Waals surface area contributed by atoms with E-state index in [0.29, 0.717) is 0 Å². The maximum absolute atomic E-state index is 13.2. The van der Waals surface area contributed by atoms with Crippen molar-refractivity contribution < 1.29 is 19.3 Å². The van der Waals surface area contributed by atoms with Gasteiger partial charge in [0.2, 0.25) is 11.8 Å². The summed E-state index contributed by atoms with van der Waals surface area (Å²) < 4.78 is 0. The lowest BCUT2D eigenvalue weighted by Crippen LogP contribution is -2.44. The number of benzene rings is 2. The van der Waals surface area contributed by atoms with Crippen LogP contribution in [0.5, 0.6) is 0 Å². The molecular formula is C20H13ClN2O5. The van der Waals surface area contributed by atoms with Gasteiger partial charge in [-0.2, -0.15) is 0 Å². The van der Waals surface area contributed by atoms with Gasteiger partial charge < -0.3 is 0 Å². The number of ketones is 1. The number of anilines is 1. The highest BCUT2D eigenvalue weighted by Gasteiger charge is 2.62. The Morgan fingerprint density at radius 1 is 1.00 bits per heavy atom. The maximum atomic E-state index is 13.2. The Kier molecular flexibility index (Phi) is 3.49. The number of nitro benzene ring substituents is 1. The van der Waals surface area contributed by atoms with Crippen molar-refractivity contribution in [2.45, 2.75) is 18.3 Å². The van der Waals surface area contributed by atoms with Crippen LogP contribution in [0.4, 0.5) is 11.4 Å². The summed E-state index contributed by atoms with van der Waals surface area (Å²) in [4.78, 5) is 50.6. The van der Waals surface area contributed by atoms with Gasteiger partial charge in [0.15, 0.2) is 0 Å². The molecule has 6 rings (SSSR count). The molecule has 2 bridgehead atoms. The predicted molar refractivity (Wildman–Crippen MR) is 99.1 cm³/mol. The van der Waals surface area contributed by atoms with E-state index in [4.69, 9.17) is 11.6 Å². The van der Waals surface area contributed by atoms with Crippen molar-refractivity contribution in [2.75, 3.05) is 4.90 Å². The number of halogens is 1. The number of nitrogens with zero attached hydrogens (tertiary/aromatic N) is 2. The van der Waals surface area contributed by atoms with Crippen LogP contribution in [0.2, 0.25) is 5.02 Å². The second-order valence-electron chi connectivity index (χ2n) is 7.34. The number of hydrogen-bond acceptors (Lipinski definition) is 5. The molecule has 0 unspecified atom stereocenters. The Morgan fingerprint density at radius 3 is 2.39 bits per heavy atom. The van der Waals surface area contributed by atoms with E-state index in [-0.39, 0.29) is 34.5 Å². The molecule has 1 heterocycles. The van der Waals surface area contributed by atoms with Crippen molar-refractivity contribution >= 4 is 40.6 Å². The van der Waals surface area contributed by atoms with Crippen molar-refractivity contribution in [1.29, 1.82) is 0 Å². The lowest BCUT2D eigenvalue weighted by molar-refractivity contribution is -0.384. The van der Waals surface area contributed by atoms with Gasteiger partial charge in [-0.1, -0.05) is 35.9 Å². The van der Waals surface area contributed by atoms with Gasteiger partial charge >= 0.3 is 0 Å². The molecule has 0 N–H and O–H groups in total. The van der Waals surface area contributed by atoms with Gasteiger partial charge in [0, 0.05) is 18.4 Å². The number of hydrogen-bond donors (Lipinski definition) is 0. The fraction of sp³-hybridized carbons (Fsp3) is 0.250. The average molecular weight is 397 g/mol. The van der Waals surface area contributed by atoms with Crippen molar-refractivity contribution in [2.24, 2.45) is 11.8 Å². The normalized spacial score (nSPS) is 27.8. The van der Waals surface area contributed by atoms with Gasteiger partial charge in [0.25, 0.3) is 5.69 Å². The molecule has 7 nitrogen and oxygen atoms in total. The second-order valence-corrected chi connectivity index (χ2v) is 7.75. The zero-order valence-corrected chi connectivity index (χ0v) is 15.1. The average Bonchev–Trinajstić information content (AvgIpc) is 2.94. The first kappa shape index (κ1) is 17.1. The molecule has 4 atom stereocenters. The topological polar surface area (TPSA) is 97.6 Å². The minimum Gasteiger partial charge on any atom is -0.299 e. The van der Waals surface area contributed by atoms with Crippen molar-refractivity contribution in [3.05, 3.63) is 68.7 Å². The molecule has 28 heavy (non-hydrogen) atoms. The number of imide groups is 1. The number of carbonyl (C=O) groups is 3. The van der Waals surface area contributed by atoms with E-state index in [1.54, 1.807) is 0 Å². The summed E-state index contributed by atoms with van der Waals surface area (Å²) in [5, 5.41) is 11.1. The summed E-state index contributed by atoms with van der Waals surface area (Å²) >= 11 is 5.85. The molecule has 3 aliphatic carbocycles. The highest BCUT2D eigenvalue weighted by atomic mass is 35.5. The van der Waals surface area contributed by atoms with E-state index < -0.39 is 34.5 Å². The van der Waals surface area contributed by atoms with Gasteiger partial charge in [0.1, 0.15) is 10.8 Å². The SMILES string of the molecule is O=C1C[C@@H]2c3ccccc3[C@H]1[C@H]1C(=O)N(c3ccc(Cl)c([N+](=O)[O-])c3)C(=O)[C@H]12. The lowest BCUT2D eigenvalue weighted by atomic mass is 9.56. The van der Waals surface area contributed by atoms with E-state index in [1.165, 1.54) is 12.1 Å². The molecule has 140 valence electrons. The summed E-state index contributed by atoms with van der Waals surface area (Å²) in [6.45, 7) is 0. The standard InChI is InChI=1S/C20H13ClN2O5/c21-13-6-5-9(7-14(13)23(27)28)22-19(25)17-12-8-15(24)16(18(17)20(22)26)11-4-2-1-3-10(11)12/h1-7,12,16-18H,8H2/t12-,16-,17+,18-/m1/s1. The van der Waals surface area contributed by atoms with Gasteiger partial charge in [-0.25, -0.2) is 4.90 Å². The number of nitro groups is 1. The van der Waals surface area contributed by atoms with Gasteiger partial charge in [-0.3, -0.25) is 24.5 Å². The monoisotopic (exact) mass is 396 g/mol. The number of carbonyl (C=O) groups excluding carboxylic acids is 3. The van der Waals surface area contributed by atoms with Crippen LogP contribution >= 0.6 is 11.6 Å². The van der Waals surface area contributed by atoms with Crippen LogP contribution < -0.4 is 4.90 Å². The molecule has 2 amide bonds. The summed E-state index contributed by atoms with van der Waals surface area (Å²) in [6.07, 6.45) is 0.233. The van der Waals surface area contributed by atoms with Crippen LogP contribution in [0.3, 0.4) is 0 Å². The van der Waals surface area contributed by atoms with E-state index in [0.717, 1.165) is 22.1 Å². The molecule has 0 radical (unpaired) electrons. The van der Waals surface area contributed by atoms with Gasteiger partial charge in [-0.05, 0) is 23.3 Å². The van der Waals surface area contributed by atoms with E-state index in [2.05, 4.69) is 0 Å². The minimum absolute atomic E-state index is 0.0324. The fourth-order valence-electron chi connectivity index (χ4n) is 4.99. The third kappa shape index (κ3) is 2.08. The zero-order chi connectivity index (χ0) is 19.7. The van der Waals surface area contributed by atoms with E-state index in [9.17, 15) is 24.5 Å². The number of fused-ring (bicyclic) bond motifs is 1. The van der Waals surface area contributed by atoms with E-state index in [1.807, 2.05) is 24.3 Å². The van der Waals surface area contributed by atoms with Crippen LogP contribution in [-0.2, 0) is 14.4 Å². The van der Waals surface area contributed by atoms with Crippen LogP contribution in [0, 0.1) is 22.0 Å². The minimum atomic E-state index is -0.761. The maximum Gasteiger partial charge on any atom is 0.289 e. The van der Waals surface area contributed by atoms with Gasteiger partial charge in [-0.15, -0.1) is 0 Å². The summed E-state index contributed by atoms with van der Waals surface area (Å²) in [6, 6.07) is 11.3. The van der Waals surface area contributed by atoms with Crippen molar-refractivity contribution in [1.82, 2.24) is 0 Å². The smallest absolute Gasteiger partial charge is 0.289 e. The highest BCUT2D eigenvalue weighted by molar-refractivity contribution is 6.33. The quantitative estimate of drug-likeness (QED) is 0.441. The Labute approximate surface area is 164 Å². The largest absolute Gasteiger partial charge is 0.299 e. The molecule has 0 spiro atoms. The number of rotatable bonds is 2. The summed E-state index contributed by atoms with van der Waals surface area (Å²) in [5.41, 5.74) is 1.49. The Hall–Kier alpha value is -3.06. The Bertz CT molecular complexity index is 1100. The first-order valence-corrected chi connectivity index (χ1v) is 9.21. The first-order valence-electron chi connectivity index (χ1n) is 8.83. The van der Waals surface area contributed by atoms with Crippen LogP contribution in [-0.4, -0.2) is 22.5 Å². The van der Waals surface area contributed by atoms with Crippen LogP contribution in [0.25, 0.3) is 0 Å². The third-order valence-electron chi connectivity index (χ3n) is 6.07. The molecule has 2 aromatic rings. The number of amides is 2. The molecule has 8 heteroatoms. The second kappa shape index (κ2) is 5.72. The zero-order valence-electron chi connectivity index (χ0n) is 14.4. The molecule has 1 saturated carbocycles. The van der Waals surface area contributed by atoms with Crippen molar-refractivity contribution in [3.8, 4) is 0 Å². The highest BCUT2D eigenvalue weighted by Crippen LogP contribution is 2.57. The Morgan fingerprint density at radius 2 is 1.68 bits per heavy atom. The third-order valence-corrected chi connectivity index (χ3v) is 6.39. The number of Topliss-reactive ketones (excluding diaryl/α,β-unsaturated/α-hetero) is 1. The molecule has 0 aromatic heterocycles. The van der Waals surface area contributed by atoms with Crippen molar-refractivity contribution in [3.63, 3.8) is 0 Å². The molecular weight excluding hydrogens is 384 g/mol. The molecule has 2 aromatic carbocycles. The fourth-order valence-corrected chi connectivity index (χ4v) is 5.18. The molecule has 2 fully saturated rings. The first-order chi connectivity index (χ1) is 13.4. The van der Waals surface area contributed by atoms with Crippen LogP contribution in [0.1, 0.15) is 29.4 Å². The Balaban J connectivity index is 1.63. The molecule has 1 saturated heterocycles. The lowest BCUT2D eigenvalue weighted by Gasteiger charge is -2.43. The van der Waals surface area contributed by atoms with E-state index >= 15 is 0 Å². The predicted octanol–water partition coefficient (Wildman–Crippen LogP) is 3.21. The molecule has 1 aliphatic heterocycles.